The number of nitrogens with zero attached hydrogens (tertiary/aromatic N) is 3. The van der Waals surface area contributed by atoms with Gasteiger partial charge in [0.1, 0.15) is 6.07 Å². The van der Waals surface area contributed by atoms with Crippen LogP contribution in [0.3, 0.4) is 0 Å². The third kappa shape index (κ3) is 2.85. The quantitative estimate of drug-likeness (QED) is 0.840. The Morgan fingerprint density at radius 1 is 1.27 bits per heavy atom. The van der Waals surface area contributed by atoms with Crippen molar-refractivity contribution in [2.24, 2.45) is 11.8 Å². The summed E-state index contributed by atoms with van der Waals surface area (Å²) in [6, 6.07) is 10.2. The molecule has 1 fully saturated rings. The van der Waals surface area contributed by atoms with Gasteiger partial charge in [-0.15, -0.1) is 0 Å². The number of aromatic nitrogens is 1. The Bertz CT molecular complexity index is 703. The summed E-state index contributed by atoms with van der Waals surface area (Å²) in [6.45, 7) is 8.36. The molecule has 0 unspecified atom stereocenters. The fraction of sp³-hybridized carbons (Fsp3) is 0.444. The monoisotopic (exact) mass is 295 g/mol. The molecule has 2 aromatic rings. The van der Waals surface area contributed by atoms with E-state index in [1.807, 2.05) is 31.2 Å². The van der Waals surface area contributed by atoms with Gasteiger partial charge in [-0.25, -0.2) is 0 Å². The number of anilines is 1. The summed E-state index contributed by atoms with van der Waals surface area (Å²) < 4.78 is 5.98. The molecule has 0 bridgehead atoms. The topological polar surface area (TPSA) is 53.1 Å². The van der Waals surface area contributed by atoms with Gasteiger partial charge in [0.2, 0.25) is 17.5 Å². The Morgan fingerprint density at radius 2 is 2.00 bits per heavy atom. The molecule has 1 aliphatic heterocycles. The minimum absolute atomic E-state index is 0.387. The number of rotatable bonds is 2. The number of aryl methyl sites for hydroxylation is 1. The average molecular weight is 295 g/mol. The second-order valence-electron chi connectivity index (χ2n) is 6.51. The first-order valence-corrected chi connectivity index (χ1v) is 7.79. The molecule has 2 heterocycles. The smallest absolute Gasteiger partial charge is 0.235 e. The van der Waals surface area contributed by atoms with Crippen molar-refractivity contribution in [1.82, 2.24) is 4.98 Å². The zero-order chi connectivity index (χ0) is 15.7. The summed E-state index contributed by atoms with van der Waals surface area (Å²) >= 11 is 0. The normalized spacial score (nSPS) is 21.6. The molecule has 0 radical (unpaired) electrons. The van der Waals surface area contributed by atoms with E-state index >= 15 is 0 Å². The molecule has 2 atom stereocenters. The molecule has 114 valence electrons. The van der Waals surface area contributed by atoms with E-state index in [9.17, 15) is 5.26 Å². The van der Waals surface area contributed by atoms with E-state index in [4.69, 9.17) is 4.42 Å². The highest BCUT2D eigenvalue weighted by molar-refractivity contribution is 5.60. The maximum Gasteiger partial charge on any atom is 0.235 e. The Labute approximate surface area is 131 Å². The van der Waals surface area contributed by atoms with Crippen molar-refractivity contribution in [3.05, 3.63) is 35.5 Å². The highest BCUT2D eigenvalue weighted by Gasteiger charge is 2.27. The van der Waals surface area contributed by atoms with Crippen LogP contribution >= 0.6 is 0 Å². The standard InChI is InChI=1S/C18H21N3O/c1-12-5-4-6-15(8-12)17-20-16(9-19)18(22-17)21-10-13(2)7-14(3)11-21/h4-6,8,13-14H,7,10-11H2,1-3H3/t13-,14-/m1/s1. The van der Waals surface area contributed by atoms with Crippen molar-refractivity contribution in [2.75, 3.05) is 18.0 Å². The molecule has 22 heavy (non-hydrogen) atoms. The highest BCUT2D eigenvalue weighted by Crippen LogP contribution is 2.32. The average Bonchev–Trinajstić information content (AvgIpc) is 2.90. The van der Waals surface area contributed by atoms with Crippen molar-refractivity contribution < 1.29 is 4.42 Å². The Kier molecular flexibility index (Phi) is 3.89. The molecule has 3 rings (SSSR count). The molecule has 1 aromatic carbocycles. The number of nitriles is 1. The van der Waals surface area contributed by atoms with Crippen LogP contribution in [0.25, 0.3) is 11.5 Å². The van der Waals surface area contributed by atoms with E-state index in [1.54, 1.807) is 0 Å². The molecular weight excluding hydrogens is 274 g/mol. The van der Waals surface area contributed by atoms with E-state index in [-0.39, 0.29) is 0 Å². The summed E-state index contributed by atoms with van der Waals surface area (Å²) in [5.41, 5.74) is 2.45. The summed E-state index contributed by atoms with van der Waals surface area (Å²) in [5, 5.41) is 9.40. The van der Waals surface area contributed by atoms with Crippen LogP contribution in [0.15, 0.2) is 28.7 Å². The summed E-state index contributed by atoms with van der Waals surface area (Å²) in [4.78, 5) is 6.57. The van der Waals surface area contributed by atoms with Gasteiger partial charge in [0.05, 0.1) is 0 Å². The van der Waals surface area contributed by atoms with Gasteiger partial charge in [0.25, 0.3) is 0 Å². The SMILES string of the molecule is Cc1cccc(-c2nc(C#N)c(N3C[C@H](C)C[C@@H](C)C3)o2)c1. The molecule has 1 aromatic heterocycles. The number of hydrogen-bond donors (Lipinski definition) is 0. The van der Waals surface area contributed by atoms with Crippen LogP contribution in [0.2, 0.25) is 0 Å². The number of hydrogen-bond acceptors (Lipinski definition) is 4. The van der Waals surface area contributed by atoms with Crippen LogP contribution in [0.5, 0.6) is 0 Å². The van der Waals surface area contributed by atoms with Gasteiger partial charge in [-0.2, -0.15) is 10.2 Å². The maximum atomic E-state index is 9.40. The molecule has 0 aliphatic carbocycles. The summed E-state index contributed by atoms with van der Waals surface area (Å²) in [7, 11) is 0. The van der Waals surface area contributed by atoms with Gasteiger partial charge in [-0.3, -0.25) is 0 Å². The summed E-state index contributed by atoms with van der Waals surface area (Å²) in [5.74, 6) is 2.35. The van der Waals surface area contributed by atoms with E-state index in [0.717, 1.165) is 24.2 Å². The zero-order valence-corrected chi connectivity index (χ0v) is 13.3. The Balaban J connectivity index is 1.97. The van der Waals surface area contributed by atoms with Crippen LogP contribution in [0, 0.1) is 30.1 Å². The first-order chi connectivity index (χ1) is 10.6. The Hall–Kier alpha value is -2.28. The maximum absolute atomic E-state index is 9.40. The highest BCUT2D eigenvalue weighted by atomic mass is 16.4. The van der Waals surface area contributed by atoms with Crippen molar-refractivity contribution in [2.45, 2.75) is 27.2 Å². The lowest BCUT2D eigenvalue weighted by Crippen LogP contribution is -2.38. The van der Waals surface area contributed by atoms with Crippen LogP contribution in [-0.2, 0) is 0 Å². The fourth-order valence-electron chi connectivity index (χ4n) is 3.33. The van der Waals surface area contributed by atoms with Gasteiger partial charge >= 0.3 is 0 Å². The molecule has 1 aliphatic rings. The van der Waals surface area contributed by atoms with Gasteiger partial charge in [0.15, 0.2) is 0 Å². The zero-order valence-electron chi connectivity index (χ0n) is 13.3. The molecule has 4 heteroatoms. The molecule has 0 amide bonds. The predicted octanol–water partition coefficient (Wildman–Crippen LogP) is 4.00. The third-order valence-corrected chi connectivity index (χ3v) is 4.14. The first kappa shape index (κ1) is 14.6. The van der Waals surface area contributed by atoms with Crippen LogP contribution in [0.1, 0.15) is 31.5 Å². The van der Waals surface area contributed by atoms with Crippen molar-refractivity contribution in [3.63, 3.8) is 0 Å². The van der Waals surface area contributed by atoms with Gasteiger partial charge in [0, 0.05) is 18.7 Å². The van der Waals surface area contributed by atoms with E-state index in [1.165, 1.54) is 6.42 Å². The third-order valence-electron chi connectivity index (χ3n) is 4.14. The minimum atomic E-state index is 0.387. The van der Waals surface area contributed by atoms with E-state index < -0.39 is 0 Å². The molecule has 1 saturated heterocycles. The van der Waals surface area contributed by atoms with Gasteiger partial charge in [-0.05, 0) is 37.3 Å². The number of piperidine rings is 1. The predicted molar refractivity (Wildman–Crippen MR) is 86.5 cm³/mol. The van der Waals surface area contributed by atoms with Crippen molar-refractivity contribution in [1.29, 1.82) is 5.26 Å². The minimum Gasteiger partial charge on any atom is -0.419 e. The molecule has 0 spiro atoms. The second-order valence-corrected chi connectivity index (χ2v) is 6.51. The van der Waals surface area contributed by atoms with Crippen LogP contribution in [0.4, 0.5) is 5.88 Å². The molecular formula is C18H21N3O. The first-order valence-electron chi connectivity index (χ1n) is 7.79. The molecule has 0 N–H and O–H groups in total. The lowest BCUT2D eigenvalue weighted by molar-refractivity contribution is 0.344. The van der Waals surface area contributed by atoms with Crippen LogP contribution < -0.4 is 4.90 Å². The van der Waals surface area contributed by atoms with E-state index in [2.05, 4.69) is 29.8 Å². The van der Waals surface area contributed by atoms with Crippen molar-refractivity contribution in [3.8, 4) is 17.5 Å². The fourth-order valence-corrected chi connectivity index (χ4v) is 3.33. The van der Waals surface area contributed by atoms with E-state index in [0.29, 0.717) is 29.3 Å². The van der Waals surface area contributed by atoms with Crippen LogP contribution in [-0.4, -0.2) is 18.1 Å². The van der Waals surface area contributed by atoms with Crippen molar-refractivity contribution >= 4 is 5.88 Å². The molecule has 4 nitrogen and oxygen atoms in total. The number of oxazole rings is 1. The number of benzene rings is 1. The summed E-state index contributed by atoms with van der Waals surface area (Å²) in [6.07, 6.45) is 1.22. The lowest BCUT2D eigenvalue weighted by Gasteiger charge is -2.34. The largest absolute Gasteiger partial charge is 0.419 e. The lowest BCUT2D eigenvalue weighted by atomic mass is 9.92. The second kappa shape index (κ2) is 5.84. The van der Waals surface area contributed by atoms with Gasteiger partial charge < -0.3 is 9.32 Å². The van der Waals surface area contributed by atoms with Gasteiger partial charge in [-0.1, -0.05) is 31.5 Å². The molecule has 0 saturated carbocycles. The Morgan fingerprint density at radius 3 is 2.64 bits per heavy atom.